The number of urea groups is 1. The highest BCUT2D eigenvalue weighted by atomic mass is 16.4. The van der Waals surface area contributed by atoms with Crippen molar-refractivity contribution in [3.05, 3.63) is 0 Å². The summed E-state index contributed by atoms with van der Waals surface area (Å²) in [6, 6.07) is -0.0521. The second-order valence-electron chi connectivity index (χ2n) is 8.26. The monoisotopic (exact) mass is 298 g/mol. The summed E-state index contributed by atoms with van der Waals surface area (Å²) < 4.78 is 0. The van der Waals surface area contributed by atoms with Crippen molar-refractivity contribution in [2.24, 2.45) is 16.7 Å². The maximum atomic E-state index is 11.9. The normalized spacial score (nSPS) is 22.6. The van der Waals surface area contributed by atoms with Crippen LogP contribution in [-0.4, -0.2) is 29.7 Å². The Hall–Kier alpha value is -1.26. The first-order chi connectivity index (χ1) is 9.48. The van der Waals surface area contributed by atoms with Gasteiger partial charge in [-0.15, -0.1) is 0 Å². The molecule has 0 spiro atoms. The molecule has 122 valence electrons. The van der Waals surface area contributed by atoms with Gasteiger partial charge in [-0.05, 0) is 36.5 Å². The lowest BCUT2D eigenvalue weighted by molar-refractivity contribution is -0.142. The minimum absolute atomic E-state index is 0.0727. The van der Waals surface area contributed by atoms with Crippen LogP contribution in [0.3, 0.4) is 0 Å². The third-order valence-electron chi connectivity index (χ3n) is 4.02. The fourth-order valence-corrected chi connectivity index (χ4v) is 3.00. The fraction of sp³-hybridized carbons (Fsp3) is 0.875. The molecule has 0 saturated heterocycles. The topological polar surface area (TPSA) is 78.4 Å². The molecule has 5 nitrogen and oxygen atoms in total. The molecule has 1 saturated carbocycles. The van der Waals surface area contributed by atoms with Crippen molar-refractivity contribution in [1.82, 2.24) is 10.6 Å². The Bertz CT molecular complexity index is 385. The van der Waals surface area contributed by atoms with Gasteiger partial charge in [0.1, 0.15) is 0 Å². The molecule has 2 atom stereocenters. The quantitative estimate of drug-likeness (QED) is 0.730. The summed E-state index contributed by atoms with van der Waals surface area (Å²) in [5.41, 5.74) is 0.213. The molecule has 0 bridgehead atoms. The zero-order valence-corrected chi connectivity index (χ0v) is 14.0. The van der Waals surface area contributed by atoms with Gasteiger partial charge in [0.05, 0.1) is 5.92 Å². The van der Waals surface area contributed by atoms with Gasteiger partial charge in [-0.1, -0.05) is 34.6 Å². The van der Waals surface area contributed by atoms with E-state index >= 15 is 0 Å². The van der Waals surface area contributed by atoms with Crippen molar-refractivity contribution in [3.63, 3.8) is 0 Å². The highest BCUT2D eigenvalue weighted by Crippen LogP contribution is 2.36. The van der Waals surface area contributed by atoms with E-state index in [4.69, 9.17) is 0 Å². The summed E-state index contributed by atoms with van der Waals surface area (Å²) in [5, 5.41) is 14.9. The van der Waals surface area contributed by atoms with E-state index < -0.39 is 11.9 Å². The highest BCUT2D eigenvalue weighted by Gasteiger charge is 2.32. The van der Waals surface area contributed by atoms with E-state index in [9.17, 15) is 14.7 Å². The van der Waals surface area contributed by atoms with Crippen LogP contribution in [0, 0.1) is 16.7 Å². The molecular weight excluding hydrogens is 268 g/mol. The molecule has 3 N–H and O–H groups in total. The summed E-state index contributed by atoms with van der Waals surface area (Å²) in [4.78, 5) is 23.1. The maximum absolute atomic E-state index is 11.9. The standard InChI is InChI=1S/C16H30N2O3/c1-15(2,3)8-11(13(19)20)10-17-14(21)18-12-6-7-16(4,5)9-12/h11-12H,6-10H2,1-5H3,(H,19,20)(H2,17,18,21). The number of hydrogen-bond acceptors (Lipinski definition) is 2. The number of carboxylic acid groups (broad SMARTS) is 1. The summed E-state index contributed by atoms with van der Waals surface area (Å²) in [6.07, 6.45) is 3.62. The van der Waals surface area contributed by atoms with Crippen molar-refractivity contribution < 1.29 is 14.7 Å². The van der Waals surface area contributed by atoms with E-state index in [1.165, 1.54) is 0 Å². The van der Waals surface area contributed by atoms with Gasteiger partial charge in [-0.25, -0.2) is 4.79 Å². The lowest BCUT2D eigenvalue weighted by Gasteiger charge is -2.24. The number of carbonyl (C=O) groups is 2. The van der Waals surface area contributed by atoms with Gasteiger partial charge in [0, 0.05) is 12.6 Å². The molecule has 1 rings (SSSR count). The zero-order chi connectivity index (χ0) is 16.3. The van der Waals surface area contributed by atoms with Crippen molar-refractivity contribution >= 4 is 12.0 Å². The van der Waals surface area contributed by atoms with Gasteiger partial charge in [0.15, 0.2) is 0 Å². The number of amides is 2. The van der Waals surface area contributed by atoms with E-state index in [0.29, 0.717) is 6.42 Å². The van der Waals surface area contributed by atoms with Crippen LogP contribution in [0.4, 0.5) is 4.79 Å². The molecule has 0 aliphatic heterocycles. The van der Waals surface area contributed by atoms with Gasteiger partial charge in [0.2, 0.25) is 0 Å². The fourth-order valence-electron chi connectivity index (χ4n) is 3.00. The van der Waals surface area contributed by atoms with Crippen LogP contribution in [0.25, 0.3) is 0 Å². The summed E-state index contributed by atoms with van der Waals surface area (Å²) >= 11 is 0. The van der Waals surface area contributed by atoms with E-state index in [1.807, 2.05) is 20.8 Å². The predicted molar refractivity (Wildman–Crippen MR) is 83.2 cm³/mol. The van der Waals surface area contributed by atoms with Gasteiger partial charge in [-0.2, -0.15) is 0 Å². The second kappa shape index (κ2) is 6.67. The molecule has 0 heterocycles. The molecule has 5 heteroatoms. The maximum Gasteiger partial charge on any atom is 0.315 e. The molecular formula is C16H30N2O3. The molecule has 0 aromatic carbocycles. The lowest BCUT2D eigenvalue weighted by atomic mass is 9.84. The smallest absolute Gasteiger partial charge is 0.315 e. The van der Waals surface area contributed by atoms with Crippen LogP contribution in [0.2, 0.25) is 0 Å². The van der Waals surface area contributed by atoms with E-state index in [2.05, 4.69) is 24.5 Å². The van der Waals surface area contributed by atoms with Crippen molar-refractivity contribution in [2.45, 2.75) is 66.3 Å². The van der Waals surface area contributed by atoms with Gasteiger partial charge < -0.3 is 15.7 Å². The molecule has 2 unspecified atom stereocenters. The second-order valence-corrected chi connectivity index (χ2v) is 8.26. The minimum atomic E-state index is -0.854. The number of hydrogen-bond donors (Lipinski definition) is 3. The van der Waals surface area contributed by atoms with E-state index in [0.717, 1.165) is 19.3 Å². The van der Waals surface area contributed by atoms with E-state index in [1.54, 1.807) is 0 Å². The Morgan fingerprint density at radius 3 is 2.38 bits per heavy atom. The Labute approximate surface area is 127 Å². The first-order valence-electron chi connectivity index (χ1n) is 7.76. The van der Waals surface area contributed by atoms with Crippen LogP contribution in [0.1, 0.15) is 60.3 Å². The highest BCUT2D eigenvalue weighted by molar-refractivity contribution is 5.76. The Morgan fingerprint density at radius 1 is 1.33 bits per heavy atom. The molecule has 1 aliphatic carbocycles. The van der Waals surface area contributed by atoms with Crippen LogP contribution in [-0.2, 0) is 4.79 Å². The third kappa shape index (κ3) is 6.82. The molecule has 2 amide bonds. The average molecular weight is 298 g/mol. The molecule has 0 radical (unpaired) electrons. The predicted octanol–water partition coefficient (Wildman–Crippen LogP) is 3.00. The van der Waals surface area contributed by atoms with Crippen molar-refractivity contribution in [2.75, 3.05) is 6.54 Å². The Morgan fingerprint density at radius 2 is 1.95 bits per heavy atom. The SMILES string of the molecule is CC(C)(C)CC(CNC(=O)NC1CCC(C)(C)C1)C(=O)O. The largest absolute Gasteiger partial charge is 0.481 e. The molecule has 21 heavy (non-hydrogen) atoms. The number of carboxylic acids is 1. The lowest BCUT2D eigenvalue weighted by Crippen LogP contribution is -2.44. The number of rotatable bonds is 5. The number of carbonyl (C=O) groups excluding carboxylic acids is 1. The van der Waals surface area contributed by atoms with Crippen LogP contribution in [0.15, 0.2) is 0 Å². The number of aliphatic carboxylic acids is 1. The van der Waals surface area contributed by atoms with Crippen molar-refractivity contribution in [1.29, 1.82) is 0 Å². The molecule has 1 fully saturated rings. The third-order valence-corrected chi connectivity index (χ3v) is 4.02. The summed E-state index contributed by atoms with van der Waals surface area (Å²) in [5.74, 6) is -1.40. The zero-order valence-electron chi connectivity index (χ0n) is 14.0. The van der Waals surface area contributed by atoms with Gasteiger partial charge >= 0.3 is 12.0 Å². The summed E-state index contributed by atoms with van der Waals surface area (Å²) in [6.45, 7) is 10.6. The van der Waals surface area contributed by atoms with Gasteiger partial charge in [-0.3, -0.25) is 4.79 Å². The first kappa shape index (κ1) is 17.8. The van der Waals surface area contributed by atoms with Crippen LogP contribution < -0.4 is 10.6 Å². The Balaban J connectivity index is 2.38. The molecule has 0 aromatic rings. The summed E-state index contributed by atoms with van der Waals surface area (Å²) in [7, 11) is 0. The molecule has 1 aliphatic rings. The first-order valence-corrected chi connectivity index (χ1v) is 7.76. The number of nitrogens with one attached hydrogen (secondary N) is 2. The average Bonchev–Trinajstić information content (AvgIpc) is 2.62. The Kier molecular flexibility index (Phi) is 5.65. The van der Waals surface area contributed by atoms with Crippen molar-refractivity contribution in [3.8, 4) is 0 Å². The molecule has 0 aromatic heterocycles. The van der Waals surface area contributed by atoms with E-state index in [-0.39, 0.29) is 29.4 Å². The van der Waals surface area contributed by atoms with Crippen LogP contribution in [0.5, 0.6) is 0 Å². The minimum Gasteiger partial charge on any atom is -0.481 e. The van der Waals surface area contributed by atoms with Gasteiger partial charge in [0.25, 0.3) is 0 Å². The van der Waals surface area contributed by atoms with Crippen LogP contribution >= 0.6 is 0 Å².